The largest absolute Gasteiger partial charge is 0.324 e. The molecule has 4 bridgehead atoms. The fraction of sp³-hybridized carbons (Fsp3) is 1.00. The van der Waals surface area contributed by atoms with Gasteiger partial charge in [0, 0.05) is 7.03 Å². The minimum Gasteiger partial charge on any atom is -0.324 e. The van der Waals surface area contributed by atoms with E-state index in [2.05, 4.69) is 0 Å². The van der Waals surface area contributed by atoms with E-state index < -0.39 is 7.14 Å². The highest BCUT2D eigenvalue weighted by molar-refractivity contribution is 7.63. The van der Waals surface area contributed by atoms with E-state index in [0.717, 1.165) is 5.92 Å². The van der Waals surface area contributed by atoms with Crippen LogP contribution in [0.25, 0.3) is 0 Å². The fourth-order valence-electron chi connectivity index (χ4n) is 3.59. The lowest BCUT2D eigenvalue weighted by Crippen LogP contribution is -2.11. The Morgan fingerprint density at radius 3 is 2.36 bits per heavy atom. The van der Waals surface area contributed by atoms with Crippen LogP contribution < -0.4 is 0 Å². The first-order valence-corrected chi connectivity index (χ1v) is 7.16. The van der Waals surface area contributed by atoms with Gasteiger partial charge in [-0.15, -0.1) is 0 Å². The van der Waals surface area contributed by atoms with E-state index in [1.54, 1.807) is 0 Å². The zero-order chi connectivity index (χ0) is 8.67. The first-order valence-electron chi connectivity index (χ1n) is 5.06. The van der Waals surface area contributed by atoms with Gasteiger partial charge in [0.05, 0.1) is 7.14 Å². The van der Waals surface area contributed by atoms with Gasteiger partial charge in [-0.2, -0.15) is 0 Å². The monoisotopic (exact) mass is 171 g/mol. The maximum absolute atomic E-state index is 12.0. The lowest BCUT2D eigenvalue weighted by Gasteiger charge is -2.19. The third-order valence-electron chi connectivity index (χ3n) is 3.86. The molecule has 0 aromatic rings. The van der Waals surface area contributed by atoms with Crippen LogP contribution >= 0.6 is 7.14 Å². The van der Waals surface area contributed by atoms with Crippen LogP contribution in [0.3, 0.4) is 0 Å². The molecular formula is C9H15OP. The number of hydrogen-bond acceptors (Lipinski definition) is 1. The van der Waals surface area contributed by atoms with Crippen LogP contribution in [0.2, 0.25) is 0 Å². The summed E-state index contributed by atoms with van der Waals surface area (Å²) in [6.45, 7) is 3.83. The Morgan fingerprint density at radius 2 is 2.18 bits per heavy atom. The molecule has 0 N–H and O–H groups in total. The molecule has 0 aromatic carbocycles. The molecule has 4 rings (SSSR count). The highest BCUT2D eigenvalue weighted by Gasteiger charge is 2.70. The van der Waals surface area contributed by atoms with Crippen molar-refractivity contribution in [2.24, 2.45) is 23.7 Å². The Bertz CT molecular complexity index is 284. The van der Waals surface area contributed by atoms with Crippen LogP contribution in [0.4, 0.5) is 0 Å². The van der Waals surface area contributed by atoms with Crippen molar-refractivity contribution in [1.82, 2.24) is 0 Å². The van der Waals surface area contributed by atoms with Crippen LogP contribution in [-0.2, 0) is 4.57 Å². The first kappa shape index (κ1) is 5.80. The van der Waals surface area contributed by atoms with Gasteiger partial charge in [-0.25, -0.2) is 0 Å². The average Bonchev–Trinajstić information content (AvgIpc) is 2.33. The quantitative estimate of drug-likeness (QED) is 0.553. The molecule has 62 valence electrons. The molecule has 6 atom stereocenters. The molecule has 0 spiro atoms. The summed E-state index contributed by atoms with van der Waals surface area (Å²) < 4.78 is 19.9. The Balaban J connectivity index is 1.99. The van der Waals surface area contributed by atoms with Crippen molar-refractivity contribution in [3.63, 3.8) is 0 Å². The zero-order valence-electron chi connectivity index (χ0n) is 8.03. The Kier molecular flexibility index (Phi) is 0.852. The summed E-state index contributed by atoms with van der Waals surface area (Å²) in [5.74, 6) is 2.69. The molecule has 4 fully saturated rings. The van der Waals surface area contributed by atoms with Crippen LogP contribution in [-0.4, -0.2) is 19.0 Å². The molecule has 0 saturated heterocycles. The maximum atomic E-state index is 12.0. The second kappa shape index (κ2) is 1.62. The Hall–Kier alpha value is 0.230. The van der Waals surface area contributed by atoms with Gasteiger partial charge in [-0.3, -0.25) is 0 Å². The standard InChI is InChI=1S/C9H15OP/c1-11(2,10)9-5-3-6-7(4-5)8(6)9/h5-9H,3-4H2,1-2H3/i3D. The second-order valence-corrected chi connectivity index (χ2v) is 8.30. The molecule has 6 unspecified atom stereocenters. The molecule has 0 radical (unpaired) electrons. The van der Waals surface area contributed by atoms with E-state index in [1.807, 2.05) is 13.3 Å². The predicted octanol–water partition coefficient (Wildman–Crippen LogP) is 2.26. The Labute approximate surface area is 69.3 Å². The third kappa shape index (κ3) is 0.667. The van der Waals surface area contributed by atoms with E-state index in [4.69, 9.17) is 1.37 Å². The molecule has 0 aliphatic heterocycles. The highest BCUT2D eigenvalue weighted by atomic mass is 31.2. The smallest absolute Gasteiger partial charge is 0.0854 e. The molecule has 2 heteroatoms. The van der Waals surface area contributed by atoms with Crippen LogP contribution in [0.5, 0.6) is 0 Å². The van der Waals surface area contributed by atoms with Gasteiger partial charge in [0.25, 0.3) is 0 Å². The van der Waals surface area contributed by atoms with Crippen molar-refractivity contribution < 1.29 is 5.94 Å². The van der Waals surface area contributed by atoms with Gasteiger partial charge in [-0.1, -0.05) is 0 Å². The van der Waals surface area contributed by atoms with E-state index in [-0.39, 0.29) is 6.40 Å². The average molecular weight is 171 g/mol. The van der Waals surface area contributed by atoms with Gasteiger partial charge in [0.2, 0.25) is 0 Å². The summed E-state index contributed by atoms with van der Waals surface area (Å²) in [4.78, 5) is 0. The molecule has 4 saturated carbocycles. The van der Waals surface area contributed by atoms with Crippen LogP contribution in [0.1, 0.15) is 14.2 Å². The summed E-state index contributed by atoms with van der Waals surface area (Å²) in [6.07, 6.45) is 1.37. The molecule has 0 aromatic heterocycles. The van der Waals surface area contributed by atoms with Crippen molar-refractivity contribution >= 4 is 7.14 Å². The van der Waals surface area contributed by atoms with Crippen LogP contribution in [0.15, 0.2) is 0 Å². The predicted molar refractivity (Wildman–Crippen MR) is 46.4 cm³/mol. The lowest BCUT2D eigenvalue weighted by molar-refractivity contribution is 0.544. The minimum absolute atomic E-state index is 0.151. The summed E-state index contributed by atoms with van der Waals surface area (Å²) in [5.41, 5.74) is 0.440. The minimum atomic E-state index is -1.90. The van der Waals surface area contributed by atoms with E-state index in [0.29, 0.717) is 23.4 Å². The van der Waals surface area contributed by atoms with E-state index >= 15 is 0 Å². The molecule has 0 amide bonds. The SMILES string of the molecule is [2H]C1C2CC3C1C3C2P(C)(C)=O. The summed E-state index contributed by atoms with van der Waals surface area (Å²) in [7, 11) is -1.90. The van der Waals surface area contributed by atoms with E-state index in [9.17, 15) is 4.57 Å². The molecule has 4 aliphatic carbocycles. The van der Waals surface area contributed by atoms with Crippen molar-refractivity contribution in [3.05, 3.63) is 0 Å². The molecule has 1 nitrogen and oxygen atoms in total. The van der Waals surface area contributed by atoms with Crippen LogP contribution in [0, 0.1) is 23.7 Å². The van der Waals surface area contributed by atoms with Gasteiger partial charge >= 0.3 is 0 Å². The van der Waals surface area contributed by atoms with Gasteiger partial charge in [-0.05, 0) is 49.8 Å². The third-order valence-corrected chi connectivity index (χ3v) is 6.02. The normalized spacial score (nSPS) is 66.5. The summed E-state index contributed by atoms with van der Waals surface area (Å²) >= 11 is 0. The topological polar surface area (TPSA) is 17.1 Å². The number of rotatable bonds is 1. The Morgan fingerprint density at radius 1 is 1.45 bits per heavy atom. The van der Waals surface area contributed by atoms with Gasteiger partial charge < -0.3 is 4.57 Å². The maximum Gasteiger partial charge on any atom is 0.0854 e. The van der Waals surface area contributed by atoms with Crippen molar-refractivity contribution in [1.29, 1.82) is 0 Å². The second-order valence-electron chi connectivity index (χ2n) is 4.84. The van der Waals surface area contributed by atoms with Gasteiger partial charge in [0.1, 0.15) is 0 Å². The van der Waals surface area contributed by atoms with Crippen molar-refractivity contribution in [3.8, 4) is 0 Å². The molecular weight excluding hydrogens is 155 g/mol. The molecule has 11 heavy (non-hydrogen) atoms. The van der Waals surface area contributed by atoms with Crippen molar-refractivity contribution in [2.75, 3.05) is 13.3 Å². The molecule has 4 aliphatic rings. The van der Waals surface area contributed by atoms with Gasteiger partial charge in [0.15, 0.2) is 0 Å². The zero-order valence-corrected chi connectivity index (χ0v) is 7.92. The van der Waals surface area contributed by atoms with Crippen molar-refractivity contribution in [2.45, 2.75) is 18.5 Å². The highest BCUT2D eigenvalue weighted by Crippen LogP contribution is 2.77. The lowest BCUT2D eigenvalue weighted by atomic mass is 10.1. The number of hydrogen-bond donors (Lipinski definition) is 0. The fourth-order valence-corrected chi connectivity index (χ4v) is 5.98. The molecule has 0 heterocycles. The first-order chi connectivity index (χ1) is 5.52. The van der Waals surface area contributed by atoms with E-state index in [1.165, 1.54) is 6.42 Å². The summed E-state index contributed by atoms with van der Waals surface area (Å²) in [5, 5.41) is 0. The summed E-state index contributed by atoms with van der Waals surface area (Å²) in [6, 6.07) is 0.